The van der Waals surface area contributed by atoms with Crippen molar-refractivity contribution < 1.29 is 27.9 Å². The average molecular weight is 333 g/mol. The number of nitrogens with zero attached hydrogens (tertiary/aromatic N) is 1. The van der Waals surface area contributed by atoms with Gasteiger partial charge in [0, 0.05) is 13.1 Å². The van der Waals surface area contributed by atoms with E-state index in [-0.39, 0.29) is 38.1 Å². The maximum absolute atomic E-state index is 12.4. The van der Waals surface area contributed by atoms with Gasteiger partial charge >= 0.3 is 12.1 Å². The number of carboxylic acids is 1. The van der Waals surface area contributed by atoms with Gasteiger partial charge in [0.25, 0.3) is 0 Å². The Labute approximate surface area is 130 Å². The molecule has 22 heavy (non-hydrogen) atoms. The van der Waals surface area contributed by atoms with Crippen molar-refractivity contribution in [2.75, 3.05) is 18.8 Å². The third-order valence-electron chi connectivity index (χ3n) is 4.49. The van der Waals surface area contributed by atoms with E-state index < -0.39 is 38.2 Å². The van der Waals surface area contributed by atoms with Gasteiger partial charge in [0.15, 0.2) is 9.84 Å². The second-order valence-corrected chi connectivity index (χ2v) is 9.48. The molecule has 2 aliphatic rings. The molecular formula is C14H23NO6S. The Kier molecular flexibility index (Phi) is 4.18. The van der Waals surface area contributed by atoms with E-state index in [2.05, 4.69) is 0 Å². The summed E-state index contributed by atoms with van der Waals surface area (Å²) in [7, 11) is -3.45. The Bertz CT molecular complexity index is 569. The molecule has 126 valence electrons. The number of likely N-dealkylation sites (tertiary alicyclic amines) is 1. The Hall–Kier alpha value is -1.31. The third kappa shape index (κ3) is 2.93. The van der Waals surface area contributed by atoms with Crippen LogP contribution in [0.1, 0.15) is 40.0 Å². The van der Waals surface area contributed by atoms with Crippen LogP contribution in [0.2, 0.25) is 0 Å². The number of aliphatic carboxylic acids is 1. The molecule has 1 amide bonds. The summed E-state index contributed by atoms with van der Waals surface area (Å²) in [6, 6.07) is 0. The Morgan fingerprint density at radius 2 is 1.77 bits per heavy atom. The fourth-order valence-electron chi connectivity index (χ4n) is 3.36. The molecule has 2 aliphatic heterocycles. The number of amides is 1. The Morgan fingerprint density at radius 1 is 1.23 bits per heavy atom. The molecule has 0 radical (unpaired) electrons. The van der Waals surface area contributed by atoms with E-state index in [1.807, 2.05) is 0 Å². The molecule has 0 bridgehead atoms. The second kappa shape index (κ2) is 5.40. The van der Waals surface area contributed by atoms with E-state index in [0.29, 0.717) is 0 Å². The number of hydrogen-bond acceptors (Lipinski definition) is 5. The molecule has 2 heterocycles. The topological polar surface area (TPSA) is 101 Å². The highest BCUT2D eigenvalue weighted by atomic mass is 32.2. The highest BCUT2D eigenvalue weighted by Crippen LogP contribution is 2.45. The van der Waals surface area contributed by atoms with Crippen LogP contribution in [0.25, 0.3) is 0 Å². The largest absolute Gasteiger partial charge is 0.481 e. The maximum Gasteiger partial charge on any atom is 0.410 e. The number of piperidine rings is 1. The summed E-state index contributed by atoms with van der Waals surface area (Å²) >= 11 is 0. The first-order valence-corrected chi connectivity index (χ1v) is 9.07. The molecule has 8 heteroatoms. The van der Waals surface area contributed by atoms with Gasteiger partial charge in [-0.25, -0.2) is 13.2 Å². The van der Waals surface area contributed by atoms with Gasteiger partial charge in [-0.2, -0.15) is 0 Å². The molecule has 1 atom stereocenters. The zero-order valence-electron chi connectivity index (χ0n) is 13.2. The van der Waals surface area contributed by atoms with E-state index in [1.54, 1.807) is 20.8 Å². The monoisotopic (exact) mass is 333 g/mol. The summed E-state index contributed by atoms with van der Waals surface area (Å²) in [6.07, 6.45) is -0.00843. The van der Waals surface area contributed by atoms with Crippen LogP contribution >= 0.6 is 0 Å². The first-order chi connectivity index (χ1) is 9.98. The van der Waals surface area contributed by atoms with Crippen LogP contribution in [0.4, 0.5) is 4.79 Å². The van der Waals surface area contributed by atoms with Crippen molar-refractivity contribution in [3.8, 4) is 0 Å². The summed E-state index contributed by atoms with van der Waals surface area (Å²) < 4.78 is 28.8. The summed E-state index contributed by atoms with van der Waals surface area (Å²) in [5.74, 6) is -2.03. The smallest absolute Gasteiger partial charge is 0.410 e. The molecule has 1 unspecified atom stereocenters. The number of carbonyl (C=O) groups excluding carboxylic acids is 1. The lowest BCUT2D eigenvalue weighted by Gasteiger charge is -2.40. The van der Waals surface area contributed by atoms with Crippen LogP contribution in [0.15, 0.2) is 0 Å². The molecule has 1 N–H and O–H groups in total. The van der Waals surface area contributed by atoms with E-state index >= 15 is 0 Å². The van der Waals surface area contributed by atoms with Gasteiger partial charge in [-0.05, 0) is 40.0 Å². The number of ether oxygens (including phenoxy) is 1. The quantitative estimate of drug-likeness (QED) is 0.775. The first kappa shape index (κ1) is 17.1. The van der Waals surface area contributed by atoms with Gasteiger partial charge in [-0.15, -0.1) is 0 Å². The molecule has 0 aromatic heterocycles. The lowest BCUT2D eigenvalue weighted by atomic mass is 9.82. The minimum atomic E-state index is -3.45. The van der Waals surface area contributed by atoms with E-state index in [1.165, 1.54) is 4.90 Å². The van der Waals surface area contributed by atoms with Crippen molar-refractivity contribution in [1.29, 1.82) is 0 Å². The molecule has 0 saturated carbocycles. The summed E-state index contributed by atoms with van der Waals surface area (Å²) in [6.45, 7) is 5.70. The van der Waals surface area contributed by atoms with Gasteiger partial charge in [0.1, 0.15) is 5.60 Å². The number of rotatable bonds is 1. The predicted octanol–water partition coefficient (Wildman–Crippen LogP) is 1.28. The number of carboxylic acid groups (broad SMARTS) is 1. The van der Waals surface area contributed by atoms with E-state index in [0.717, 1.165) is 0 Å². The fraction of sp³-hybridized carbons (Fsp3) is 0.857. The number of carbonyl (C=O) groups is 2. The molecule has 7 nitrogen and oxygen atoms in total. The second-order valence-electron chi connectivity index (χ2n) is 7.03. The summed E-state index contributed by atoms with van der Waals surface area (Å²) in [5, 5.41) is 9.32. The number of hydrogen-bond donors (Lipinski definition) is 1. The molecule has 0 aliphatic carbocycles. The summed E-state index contributed by atoms with van der Waals surface area (Å²) in [5.41, 5.74) is -0.616. The van der Waals surface area contributed by atoms with Crippen LogP contribution in [0, 0.1) is 5.92 Å². The number of sulfone groups is 1. The molecule has 2 fully saturated rings. The summed E-state index contributed by atoms with van der Waals surface area (Å²) in [4.78, 5) is 24.9. The normalized spacial score (nSPS) is 26.9. The predicted molar refractivity (Wildman–Crippen MR) is 79.3 cm³/mol. The van der Waals surface area contributed by atoms with Gasteiger partial charge in [-0.3, -0.25) is 4.79 Å². The maximum atomic E-state index is 12.4. The molecular weight excluding hydrogens is 310 g/mol. The molecule has 0 aromatic rings. The lowest BCUT2D eigenvalue weighted by molar-refractivity contribution is -0.143. The van der Waals surface area contributed by atoms with Crippen molar-refractivity contribution in [1.82, 2.24) is 4.90 Å². The lowest BCUT2D eigenvalue weighted by Crippen LogP contribution is -2.54. The molecule has 2 saturated heterocycles. The highest BCUT2D eigenvalue weighted by molar-refractivity contribution is 7.93. The van der Waals surface area contributed by atoms with Gasteiger partial charge in [0.2, 0.25) is 0 Å². The average Bonchev–Trinajstić information content (AvgIpc) is 2.60. The molecule has 1 spiro atoms. The van der Waals surface area contributed by atoms with Crippen LogP contribution < -0.4 is 0 Å². The van der Waals surface area contributed by atoms with Crippen LogP contribution in [-0.4, -0.2) is 59.7 Å². The highest BCUT2D eigenvalue weighted by Gasteiger charge is 2.58. The standard InChI is InChI=1S/C14H23NO6S/c1-13(2,3)21-12(18)15-7-5-14(6-8-15)10(11(16)17)4-9-22(14,19)20/h10H,4-9H2,1-3H3,(H,16,17). The van der Waals surface area contributed by atoms with Crippen molar-refractivity contribution in [3.05, 3.63) is 0 Å². The molecule has 0 aromatic carbocycles. The third-order valence-corrected chi connectivity index (χ3v) is 7.19. The van der Waals surface area contributed by atoms with Crippen molar-refractivity contribution in [3.63, 3.8) is 0 Å². The zero-order valence-corrected chi connectivity index (χ0v) is 14.0. The minimum absolute atomic E-state index is 0.0869. The van der Waals surface area contributed by atoms with Crippen molar-refractivity contribution in [2.24, 2.45) is 5.92 Å². The van der Waals surface area contributed by atoms with Crippen LogP contribution in [-0.2, 0) is 19.4 Å². The van der Waals surface area contributed by atoms with Gasteiger partial charge in [0.05, 0.1) is 16.4 Å². The Balaban J connectivity index is 2.13. The van der Waals surface area contributed by atoms with E-state index in [4.69, 9.17) is 4.74 Å². The van der Waals surface area contributed by atoms with Crippen molar-refractivity contribution >= 4 is 21.9 Å². The zero-order chi connectivity index (χ0) is 16.8. The first-order valence-electron chi connectivity index (χ1n) is 7.42. The molecule has 2 rings (SSSR count). The Morgan fingerprint density at radius 3 is 2.23 bits per heavy atom. The van der Waals surface area contributed by atoms with Gasteiger partial charge in [-0.1, -0.05) is 0 Å². The minimum Gasteiger partial charge on any atom is -0.481 e. The van der Waals surface area contributed by atoms with Crippen LogP contribution in [0.3, 0.4) is 0 Å². The van der Waals surface area contributed by atoms with Gasteiger partial charge < -0.3 is 14.7 Å². The van der Waals surface area contributed by atoms with Crippen molar-refractivity contribution in [2.45, 2.75) is 50.4 Å². The SMILES string of the molecule is CC(C)(C)OC(=O)N1CCC2(CC1)C(C(=O)O)CCS2(=O)=O. The fourth-order valence-corrected chi connectivity index (χ4v) is 5.77. The van der Waals surface area contributed by atoms with E-state index in [9.17, 15) is 23.1 Å². The van der Waals surface area contributed by atoms with Crippen LogP contribution in [0.5, 0.6) is 0 Å².